The molecule has 0 saturated carbocycles. The van der Waals surface area contributed by atoms with Crippen LogP contribution in [0.3, 0.4) is 0 Å². The number of anilines is 2. The molecule has 1 N–H and O–H groups in total. The molecule has 1 amide bonds. The van der Waals surface area contributed by atoms with E-state index in [9.17, 15) is 4.79 Å². The van der Waals surface area contributed by atoms with E-state index in [-0.39, 0.29) is 29.9 Å². The van der Waals surface area contributed by atoms with Gasteiger partial charge in [0.2, 0.25) is 5.91 Å². The molecule has 0 aromatic heterocycles. The highest BCUT2D eigenvalue weighted by atomic mass is 127. The van der Waals surface area contributed by atoms with E-state index in [1.165, 1.54) is 11.3 Å². The minimum Gasteiger partial charge on any atom is -0.497 e. The Labute approximate surface area is 207 Å². The average Bonchev–Trinajstić information content (AvgIpc) is 3.26. The van der Waals surface area contributed by atoms with Gasteiger partial charge in [0, 0.05) is 64.1 Å². The molecule has 0 radical (unpaired) electrons. The standard InChI is InChI=1S/C24H31N5O2.HI/c1-25-24(26-18-19-5-7-21(8-6-19)29-13-3-4-23(29)30)28-16-14-27(15-17-28)20-9-11-22(31-2)12-10-20;/h5-12H,3-4,13-18H2,1-2H3,(H,25,26);1H. The maximum Gasteiger partial charge on any atom is 0.227 e. The third kappa shape index (κ3) is 5.65. The van der Waals surface area contributed by atoms with Crippen LogP contribution in [0.15, 0.2) is 53.5 Å². The van der Waals surface area contributed by atoms with Gasteiger partial charge in [0.05, 0.1) is 7.11 Å². The van der Waals surface area contributed by atoms with Gasteiger partial charge < -0.3 is 24.8 Å². The Balaban J connectivity index is 0.00000289. The quantitative estimate of drug-likeness (QED) is 0.353. The number of aliphatic imine (C=N–C) groups is 1. The lowest BCUT2D eigenvalue weighted by Gasteiger charge is -2.37. The number of guanidine groups is 1. The summed E-state index contributed by atoms with van der Waals surface area (Å²) in [6.07, 6.45) is 1.61. The van der Waals surface area contributed by atoms with Gasteiger partial charge in [-0.2, -0.15) is 0 Å². The highest BCUT2D eigenvalue weighted by molar-refractivity contribution is 14.0. The van der Waals surface area contributed by atoms with Gasteiger partial charge >= 0.3 is 0 Å². The van der Waals surface area contributed by atoms with Crippen LogP contribution < -0.4 is 19.9 Å². The summed E-state index contributed by atoms with van der Waals surface area (Å²) in [5.41, 5.74) is 3.39. The lowest BCUT2D eigenvalue weighted by atomic mass is 10.2. The smallest absolute Gasteiger partial charge is 0.227 e. The molecule has 2 aromatic carbocycles. The maximum atomic E-state index is 11.9. The number of benzene rings is 2. The lowest BCUT2D eigenvalue weighted by Crippen LogP contribution is -2.52. The fourth-order valence-electron chi connectivity index (χ4n) is 4.20. The highest BCUT2D eigenvalue weighted by Gasteiger charge is 2.22. The van der Waals surface area contributed by atoms with Gasteiger partial charge in [-0.1, -0.05) is 12.1 Å². The summed E-state index contributed by atoms with van der Waals surface area (Å²) in [4.78, 5) is 23.0. The lowest BCUT2D eigenvalue weighted by molar-refractivity contribution is -0.117. The molecule has 2 saturated heterocycles. The number of rotatable bonds is 5. The predicted molar refractivity (Wildman–Crippen MR) is 140 cm³/mol. The van der Waals surface area contributed by atoms with E-state index in [2.05, 4.69) is 44.4 Å². The fourth-order valence-corrected chi connectivity index (χ4v) is 4.20. The van der Waals surface area contributed by atoms with Crippen LogP contribution in [0.2, 0.25) is 0 Å². The van der Waals surface area contributed by atoms with Crippen molar-refractivity contribution in [2.75, 3.05) is 56.7 Å². The minimum atomic E-state index is 0. The van der Waals surface area contributed by atoms with Crippen molar-refractivity contribution in [1.82, 2.24) is 10.2 Å². The molecule has 0 spiro atoms. The zero-order chi connectivity index (χ0) is 21.6. The van der Waals surface area contributed by atoms with Gasteiger partial charge in [-0.05, 0) is 48.4 Å². The van der Waals surface area contributed by atoms with E-state index in [1.807, 2.05) is 36.2 Å². The molecule has 32 heavy (non-hydrogen) atoms. The summed E-state index contributed by atoms with van der Waals surface area (Å²) < 4.78 is 5.25. The second-order valence-corrected chi connectivity index (χ2v) is 7.89. The molecule has 7 nitrogen and oxygen atoms in total. The van der Waals surface area contributed by atoms with Crippen molar-refractivity contribution in [2.24, 2.45) is 4.99 Å². The number of piperazine rings is 1. The summed E-state index contributed by atoms with van der Waals surface area (Å²) in [5.74, 6) is 2.03. The van der Waals surface area contributed by atoms with Crippen molar-refractivity contribution in [2.45, 2.75) is 19.4 Å². The fraction of sp³-hybridized carbons (Fsp3) is 0.417. The Morgan fingerprint density at radius 1 is 0.969 bits per heavy atom. The Morgan fingerprint density at radius 2 is 1.62 bits per heavy atom. The number of ether oxygens (including phenoxy) is 1. The van der Waals surface area contributed by atoms with Crippen LogP contribution >= 0.6 is 24.0 Å². The third-order valence-corrected chi connectivity index (χ3v) is 6.00. The first-order valence-corrected chi connectivity index (χ1v) is 10.9. The molecule has 4 rings (SSSR count). The number of carbonyl (C=O) groups excluding carboxylic acids is 1. The first kappa shape index (κ1) is 24.2. The van der Waals surface area contributed by atoms with Crippen LogP contribution in [0.25, 0.3) is 0 Å². The van der Waals surface area contributed by atoms with Crippen molar-refractivity contribution in [3.63, 3.8) is 0 Å². The zero-order valence-electron chi connectivity index (χ0n) is 18.8. The molecule has 8 heteroatoms. The van der Waals surface area contributed by atoms with E-state index in [4.69, 9.17) is 4.74 Å². The van der Waals surface area contributed by atoms with E-state index in [0.717, 1.165) is 56.5 Å². The molecule has 2 aliphatic heterocycles. The summed E-state index contributed by atoms with van der Waals surface area (Å²) in [6.45, 7) is 5.27. The molecule has 0 unspecified atom stereocenters. The number of amides is 1. The molecule has 2 aliphatic rings. The van der Waals surface area contributed by atoms with Gasteiger partial charge in [0.15, 0.2) is 5.96 Å². The molecule has 2 fully saturated rings. The second kappa shape index (κ2) is 11.4. The van der Waals surface area contributed by atoms with Crippen LogP contribution in [-0.2, 0) is 11.3 Å². The number of nitrogens with zero attached hydrogens (tertiary/aromatic N) is 4. The largest absolute Gasteiger partial charge is 0.497 e. The van der Waals surface area contributed by atoms with Crippen molar-refractivity contribution >= 4 is 47.2 Å². The van der Waals surface area contributed by atoms with Crippen molar-refractivity contribution in [3.8, 4) is 5.75 Å². The summed E-state index contributed by atoms with van der Waals surface area (Å²) >= 11 is 0. The topological polar surface area (TPSA) is 60.4 Å². The molecule has 2 heterocycles. The number of halogens is 1. The number of hydrogen-bond donors (Lipinski definition) is 1. The van der Waals surface area contributed by atoms with Crippen molar-refractivity contribution in [1.29, 1.82) is 0 Å². The van der Waals surface area contributed by atoms with Gasteiger partial charge in [-0.3, -0.25) is 9.79 Å². The minimum absolute atomic E-state index is 0. The molecule has 172 valence electrons. The Bertz CT molecular complexity index is 909. The van der Waals surface area contributed by atoms with Crippen LogP contribution in [0.4, 0.5) is 11.4 Å². The average molecular weight is 549 g/mol. The zero-order valence-corrected chi connectivity index (χ0v) is 21.1. The number of hydrogen-bond acceptors (Lipinski definition) is 4. The number of nitrogens with one attached hydrogen (secondary N) is 1. The molecule has 0 atom stereocenters. The van der Waals surface area contributed by atoms with Gasteiger partial charge in [0.1, 0.15) is 5.75 Å². The molecule has 0 aliphatic carbocycles. The van der Waals surface area contributed by atoms with Crippen molar-refractivity contribution in [3.05, 3.63) is 54.1 Å². The predicted octanol–water partition coefficient (Wildman–Crippen LogP) is 3.34. The monoisotopic (exact) mass is 549 g/mol. The van der Waals surface area contributed by atoms with Gasteiger partial charge in [0.25, 0.3) is 0 Å². The van der Waals surface area contributed by atoms with Crippen LogP contribution in [0.5, 0.6) is 5.75 Å². The SMILES string of the molecule is CN=C(NCc1ccc(N2CCCC2=O)cc1)N1CCN(c2ccc(OC)cc2)CC1.I. The van der Waals surface area contributed by atoms with E-state index < -0.39 is 0 Å². The summed E-state index contributed by atoms with van der Waals surface area (Å²) in [7, 11) is 3.52. The molecule has 2 aromatic rings. The van der Waals surface area contributed by atoms with Crippen LogP contribution in [0, 0.1) is 0 Å². The molecule has 0 bridgehead atoms. The number of methoxy groups -OCH3 is 1. The van der Waals surface area contributed by atoms with E-state index >= 15 is 0 Å². The molecular weight excluding hydrogens is 517 g/mol. The van der Waals surface area contributed by atoms with Crippen molar-refractivity contribution < 1.29 is 9.53 Å². The summed E-state index contributed by atoms with van der Waals surface area (Å²) in [6, 6.07) is 16.5. The maximum absolute atomic E-state index is 11.9. The molecular formula is C24H32IN5O2. The third-order valence-electron chi connectivity index (χ3n) is 6.00. The Morgan fingerprint density at radius 3 is 2.19 bits per heavy atom. The van der Waals surface area contributed by atoms with Gasteiger partial charge in [-0.15, -0.1) is 24.0 Å². The second-order valence-electron chi connectivity index (χ2n) is 7.89. The van der Waals surface area contributed by atoms with E-state index in [0.29, 0.717) is 13.0 Å². The first-order chi connectivity index (χ1) is 15.2. The number of carbonyl (C=O) groups is 1. The van der Waals surface area contributed by atoms with Crippen LogP contribution in [0.1, 0.15) is 18.4 Å². The normalized spacial score (nSPS) is 16.8. The first-order valence-electron chi connectivity index (χ1n) is 10.9. The van der Waals surface area contributed by atoms with Gasteiger partial charge in [-0.25, -0.2) is 0 Å². The highest BCUT2D eigenvalue weighted by Crippen LogP contribution is 2.22. The Hall–Kier alpha value is -2.49. The van der Waals surface area contributed by atoms with Crippen LogP contribution in [-0.4, -0.2) is 63.6 Å². The van der Waals surface area contributed by atoms with E-state index in [1.54, 1.807) is 7.11 Å². The summed E-state index contributed by atoms with van der Waals surface area (Å²) in [5, 5.41) is 3.48. The Kier molecular flexibility index (Phi) is 8.60.